The van der Waals surface area contributed by atoms with E-state index in [1.165, 1.54) is 0 Å². The van der Waals surface area contributed by atoms with Crippen molar-refractivity contribution in [3.63, 3.8) is 0 Å². The van der Waals surface area contributed by atoms with E-state index in [-0.39, 0.29) is 0 Å². The smallest absolute Gasteiger partial charge is 0.143 e. The van der Waals surface area contributed by atoms with Gasteiger partial charge in [-0.05, 0) is 18.2 Å². The first-order valence-electron chi connectivity index (χ1n) is 4.68. The van der Waals surface area contributed by atoms with Gasteiger partial charge in [-0.15, -0.1) is 0 Å². The summed E-state index contributed by atoms with van der Waals surface area (Å²) in [5.41, 5.74) is 8.39. The Hall–Kier alpha value is -1.82. The molecule has 16 heavy (non-hydrogen) atoms. The first-order valence-corrected chi connectivity index (χ1v) is 5.48. The van der Waals surface area contributed by atoms with Crippen LogP contribution in [0.15, 0.2) is 28.9 Å². The second kappa shape index (κ2) is 3.34. The Morgan fingerprint density at radius 2 is 2.19 bits per heavy atom. The zero-order valence-electron chi connectivity index (χ0n) is 8.16. The van der Waals surface area contributed by atoms with Gasteiger partial charge in [0, 0.05) is 4.47 Å². The van der Waals surface area contributed by atoms with Crippen LogP contribution in [0, 0.1) is 0 Å². The quantitative estimate of drug-likeness (QED) is 0.638. The number of nitrogen functional groups attached to an aromatic ring is 1. The molecule has 0 aliphatic carbocycles. The van der Waals surface area contributed by atoms with Gasteiger partial charge in [0.1, 0.15) is 11.6 Å². The Kier molecular flexibility index (Phi) is 1.97. The van der Waals surface area contributed by atoms with Crippen LogP contribution in [0.1, 0.15) is 0 Å². The zero-order valence-corrected chi connectivity index (χ0v) is 9.75. The number of halogens is 1. The molecule has 0 aliphatic rings. The highest BCUT2D eigenvalue weighted by Gasteiger charge is 2.09. The van der Waals surface area contributed by atoms with Crippen molar-refractivity contribution in [1.82, 2.24) is 20.2 Å². The number of imidazole rings is 1. The maximum atomic E-state index is 5.74. The molecular formula is C10H8BrN5. The van der Waals surface area contributed by atoms with E-state index in [0.717, 1.165) is 26.9 Å². The minimum absolute atomic E-state index is 0.512. The monoisotopic (exact) mass is 277 g/mol. The summed E-state index contributed by atoms with van der Waals surface area (Å²) < 4.78 is 1.01. The highest BCUT2D eigenvalue weighted by Crippen LogP contribution is 2.25. The lowest BCUT2D eigenvalue weighted by Gasteiger charge is -1.90. The average molecular weight is 278 g/mol. The number of aromatic nitrogens is 4. The third kappa shape index (κ3) is 1.38. The van der Waals surface area contributed by atoms with Crippen LogP contribution in [0.2, 0.25) is 0 Å². The van der Waals surface area contributed by atoms with Crippen molar-refractivity contribution in [3.8, 4) is 11.4 Å². The Labute approximate surface area is 99.2 Å². The van der Waals surface area contributed by atoms with Gasteiger partial charge in [0.25, 0.3) is 0 Å². The third-order valence-electron chi connectivity index (χ3n) is 2.37. The van der Waals surface area contributed by atoms with Crippen molar-refractivity contribution in [2.45, 2.75) is 0 Å². The average Bonchev–Trinajstić information content (AvgIpc) is 2.82. The van der Waals surface area contributed by atoms with Crippen LogP contribution < -0.4 is 5.73 Å². The van der Waals surface area contributed by atoms with E-state index < -0.39 is 0 Å². The number of benzene rings is 1. The van der Waals surface area contributed by atoms with Crippen LogP contribution >= 0.6 is 15.9 Å². The first kappa shape index (κ1) is 9.41. The highest BCUT2D eigenvalue weighted by atomic mass is 79.9. The minimum atomic E-state index is 0.512. The Morgan fingerprint density at radius 3 is 2.94 bits per heavy atom. The Bertz CT molecular complexity index is 654. The van der Waals surface area contributed by atoms with Crippen molar-refractivity contribution in [2.75, 3.05) is 5.73 Å². The number of aromatic amines is 2. The number of rotatable bonds is 1. The van der Waals surface area contributed by atoms with E-state index in [1.807, 2.05) is 18.2 Å². The fourth-order valence-corrected chi connectivity index (χ4v) is 1.96. The predicted molar refractivity (Wildman–Crippen MR) is 65.8 cm³/mol. The molecule has 0 radical (unpaired) electrons. The van der Waals surface area contributed by atoms with Crippen molar-refractivity contribution in [3.05, 3.63) is 28.9 Å². The summed E-state index contributed by atoms with van der Waals surface area (Å²) in [5.74, 6) is 1.23. The largest absolute Gasteiger partial charge is 0.383 e. The summed E-state index contributed by atoms with van der Waals surface area (Å²) in [4.78, 5) is 7.64. The molecule has 2 heterocycles. The van der Waals surface area contributed by atoms with E-state index in [0.29, 0.717) is 5.82 Å². The van der Waals surface area contributed by atoms with Crippen molar-refractivity contribution in [2.24, 2.45) is 0 Å². The molecule has 3 rings (SSSR count). The number of nitrogens with two attached hydrogens (primary N) is 1. The van der Waals surface area contributed by atoms with Gasteiger partial charge >= 0.3 is 0 Å². The highest BCUT2D eigenvalue weighted by molar-refractivity contribution is 9.10. The van der Waals surface area contributed by atoms with Crippen LogP contribution in [0.5, 0.6) is 0 Å². The molecule has 3 aromatic rings. The molecule has 0 aliphatic heterocycles. The molecule has 0 saturated carbocycles. The molecule has 0 unspecified atom stereocenters. The predicted octanol–water partition coefficient (Wildman–Crippen LogP) is 2.30. The molecular weight excluding hydrogens is 270 g/mol. The van der Waals surface area contributed by atoms with E-state index in [1.54, 1.807) is 6.20 Å². The Morgan fingerprint density at radius 1 is 1.31 bits per heavy atom. The molecule has 0 atom stereocenters. The maximum Gasteiger partial charge on any atom is 0.143 e. The summed E-state index contributed by atoms with van der Waals surface area (Å²) in [6.07, 6.45) is 1.65. The number of hydrogen-bond acceptors (Lipinski definition) is 3. The normalized spacial score (nSPS) is 11.1. The van der Waals surface area contributed by atoms with Crippen molar-refractivity contribution >= 4 is 32.8 Å². The van der Waals surface area contributed by atoms with E-state index in [2.05, 4.69) is 36.1 Å². The second-order valence-electron chi connectivity index (χ2n) is 3.44. The maximum absolute atomic E-state index is 5.74. The lowest BCUT2D eigenvalue weighted by Crippen LogP contribution is -1.88. The fraction of sp³-hybridized carbons (Fsp3) is 0. The van der Waals surface area contributed by atoms with Gasteiger partial charge in [-0.3, -0.25) is 5.10 Å². The van der Waals surface area contributed by atoms with Gasteiger partial charge in [0.15, 0.2) is 0 Å². The molecule has 6 heteroatoms. The van der Waals surface area contributed by atoms with Gasteiger partial charge in [-0.1, -0.05) is 15.9 Å². The zero-order chi connectivity index (χ0) is 11.1. The fourth-order valence-electron chi connectivity index (χ4n) is 1.59. The first-order chi connectivity index (χ1) is 7.74. The lowest BCUT2D eigenvalue weighted by molar-refractivity contribution is 1.10. The number of H-pyrrole nitrogens is 2. The van der Waals surface area contributed by atoms with Crippen LogP contribution in [0.3, 0.4) is 0 Å². The van der Waals surface area contributed by atoms with E-state index in [9.17, 15) is 0 Å². The minimum Gasteiger partial charge on any atom is -0.383 e. The summed E-state index contributed by atoms with van der Waals surface area (Å²) >= 11 is 3.41. The van der Waals surface area contributed by atoms with Crippen molar-refractivity contribution < 1.29 is 0 Å². The van der Waals surface area contributed by atoms with Gasteiger partial charge in [-0.2, -0.15) is 5.10 Å². The molecule has 0 saturated heterocycles. The van der Waals surface area contributed by atoms with Gasteiger partial charge < -0.3 is 10.7 Å². The molecule has 5 nitrogen and oxygen atoms in total. The topological polar surface area (TPSA) is 83.4 Å². The number of hydrogen-bond donors (Lipinski definition) is 3. The molecule has 0 bridgehead atoms. The number of fused-ring (bicyclic) bond motifs is 1. The number of anilines is 1. The summed E-state index contributed by atoms with van der Waals surface area (Å²) in [5, 5.41) is 6.55. The second-order valence-corrected chi connectivity index (χ2v) is 4.36. The molecule has 4 N–H and O–H groups in total. The SMILES string of the molecule is Nc1[nH]ncc1-c1nc2ccc(Br)cc2[nH]1. The summed E-state index contributed by atoms with van der Waals surface area (Å²) in [7, 11) is 0. The van der Waals surface area contributed by atoms with Gasteiger partial charge in [0.05, 0.1) is 22.8 Å². The molecule has 80 valence electrons. The van der Waals surface area contributed by atoms with Gasteiger partial charge in [-0.25, -0.2) is 4.98 Å². The Balaban J connectivity index is 2.23. The molecule has 0 spiro atoms. The summed E-state index contributed by atoms with van der Waals surface area (Å²) in [6, 6.07) is 5.86. The van der Waals surface area contributed by atoms with Crippen LogP contribution in [-0.4, -0.2) is 20.2 Å². The number of nitrogens with zero attached hydrogens (tertiary/aromatic N) is 2. The van der Waals surface area contributed by atoms with Crippen LogP contribution in [0.4, 0.5) is 5.82 Å². The van der Waals surface area contributed by atoms with Crippen LogP contribution in [0.25, 0.3) is 22.4 Å². The van der Waals surface area contributed by atoms with Gasteiger partial charge in [0.2, 0.25) is 0 Å². The van der Waals surface area contributed by atoms with E-state index in [4.69, 9.17) is 5.73 Å². The van der Waals surface area contributed by atoms with E-state index >= 15 is 0 Å². The molecule has 0 amide bonds. The lowest BCUT2D eigenvalue weighted by atomic mass is 10.3. The van der Waals surface area contributed by atoms with Crippen molar-refractivity contribution in [1.29, 1.82) is 0 Å². The van der Waals surface area contributed by atoms with Crippen LogP contribution in [-0.2, 0) is 0 Å². The standard InChI is InChI=1S/C10H8BrN5/c11-5-1-2-7-8(3-5)15-10(14-7)6-4-13-16-9(6)12/h1-4H,(H,14,15)(H3,12,13,16). The number of nitrogens with one attached hydrogen (secondary N) is 2. The molecule has 2 aromatic heterocycles. The third-order valence-corrected chi connectivity index (χ3v) is 2.86. The molecule has 0 fully saturated rings. The molecule has 1 aromatic carbocycles. The summed E-state index contributed by atoms with van der Waals surface area (Å²) in [6.45, 7) is 0.